The Balaban J connectivity index is 2.57. The van der Waals surface area contributed by atoms with E-state index in [0.29, 0.717) is 0 Å². The molecule has 1 rings (SSSR count). The SMILES string of the molecule is O=C(COc1ccccc1[N+](=O)[O-])NC(CO)CO. The first kappa shape index (κ1) is 14.9. The van der Waals surface area contributed by atoms with Crippen molar-refractivity contribution >= 4 is 11.6 Å². The molecular weight excluding hydrogens is 256 g/mol. The molecule has 0 aliphatic heterocycles. The molecule has 1 aromatic carbocycles. The van der Waals surface area contributed by atoms with Gasteiger partial charge in [-0.25, -0.2) is 0 Å². The molecule has 104 valence electrons. The third kappa shape index (κ3) is 4.53. The molecule has 0 saturated heterocycles. The van der Waals surface area contributed by atoms with Crippen LogP contribution in [0.25, 0.3) is 0 Å². The maximum absolute atomic E-state index is 11.4. The van der Waals surface area contributed by atoms with Crippen LogP contribution in [0.15, 0.2) is 24.3 Å². The molecule has 8 heteroatoms. The van der Waals surface area contributed by atoms with Gasteiger partial charge in [-0.05, 0) is 6.07 Å². The molecular formula is C11H14N2O6. The van der Waals surface area contributed by atoms with E-state index in [4.69, 9.17) is 14.9 Å². The molecule has 0 radical (unpaired) electrons. The number of amides is 1. The summed E-state index contributed by atoms with van der Waals surface area (Å²) in [6.45, 7) is -1.26. The van der Waals surface area contributed by atoms with Gasteiger partial charge >= 0.3 is 5.69 Å². The molecule has 0 saturated carbocycles. The lowest BCUT2D eigenvalue weighted by atomic mass is 10.3. The zero-order chi connectivity index (χ0) is 14.3. The van der Waals surface area contributed by atoms with Crippen LogP contribution >= 0.6 is 0 Å². The van der Waals surface area contributed by atoms with Crippen molar-refractivity contribution in [3.05, 3.63) is 34.4 Å². The topological polar surface area (TPSA) is 122 Å². The first-order valence-electron chi connectivity index (χ1n) is 5.45. The van der Waals surface area contributed by atoms with Gasteiger partial charge in [0.1, 0.15) is 0 Å². The number of aliphatic hydroxyl groups excluding tert-OH is 2. The minimum atomic E-state index is -0.776. The predicted molar refractivity (Wildman–Crippen MR) is 64.7 cm³/mol. The van der Waals surface area contributed by atoms with Crippen LogP contribution in [-0.2, 0) is 4.79 Å². The Kier molecular flexibility index (Phi) is 5.71. The summed E-state index contributed by atoms with van der Waals surface area (Å²) >= 11 is 0. The standard InChI is InChI=1S/C11H14N2O6/c14-5-8(6-15)12-11(16)7-19-10-4-2-1-3-9(10)13(17)18/h1-4,8,14-15H,5-7H2,(H,12,16). The fourth-order valence-corrected chi connectivity index (χ4v) is 1.29. The number of aliphatic hydroxyl groups is 2. The van der Waals surface area contributed by atoms with Gasteiger partial charge in [0, 0.05) is 6.07 Å². The molecule has 1 aromatic rings. The van der Waals surface area contributed by atoms with E-state index in [2.05, 4.69) is 5.32 Å². The van der Waals surface area contributed by atoms with Crippen molar-refractivity contribution in [2.75, 3.05) is 19.8 Å². The third-order valence-corrected chi connectivity index (χ3v) is 2.23. The monoisotopic (exact) mass is 270 g/mol. The number of carbonyl (C=O) groups is 1. The lowest BCUT2D eigenvalue weighted by Crippen LogP contribution is -2.42. The van der Waals surface area contributed by atoms with Crippen LogP contribution in [0.1, 0.15) is 0 Å². The summed E-state index contributed by atoms with van der Waals surface area (Å²) in [5, 5.41) is 30.5. The van der Waals surface area contributed by atoms with Crippen LogP contribution in [0.5, 0.6) is 5.75 Å². The molecule has 0 aliphatic rings. The summed E-state index contributed by atoms with van der Waals surface area (Å²) < 4.78 is 5.03. The first-order chi connectivity index (χ1) is 9.08. The van der Waals surface area contributed by atoms with Crippen LogP contribution in [-0.4, -0.2) is 46.9 Å². The molecule has 0 atom stereocenters. The molecule has 0 aliphatic carbocycles. The third-order valence-electron chi connectivity index (χ3n) is 2.23. The number of hydrogen-bond acceptors (Lipinski definition) is 6. The van der Waals surface area contributed by atoms with Gasteiger partial charge in [-0.3, -0.25) is 14.9 Å². The zero-order valence-electron chi connectivity index (χ0n) is 9.98. The number of rotatable bonds is 7. The van der Waals surface area contributed by atoms with E-state index in [-0.39, 0.29) is 11.4 Å². The van der Waals surface area contributed by atoms with Gasteiger partial charge in [0.2, 0.25) is 0 Å². The highest BCUT2D eigenvalue weighted by atomic mass is 16.6. The Labute approximate surface area is 108 Å². The number of hydrogen-bond donors (Lipinski definition) is 3. The van der Waals surface area contributed by atoms with Gasteiger partial charge in [-0.15, -0.1) is 0 Å². The van der Waals surface area contributed by atoms with Crippen molar-refractivity contribution in [2.45, 2.75) is 6.04 Å². The van der Waals surface area contributed by atoms with Gasteiger partial charge in [-0.2, -0.15) is 0 Å². The molecule has 1 amide bonds. The van der Waals surface area contributed by atoms with Crippen LogP contribution in [0.4, 0.5) is 5.69 Å². The summed E-state index contributed by atoms with van der Waals surface area (Å²) in [7, 11) is 0. The van der Waals surface area contributed by atoms with E-state index in [1.807, 2.05) is 0 Å². The van der Waals surface area contributed by atoms with Crippen molar-refractivity contribution < 1.29 is 24.7 Å². The van der Waals surface area contributed by atoms with Gasteiger partial charge in [0.25, 0.3) is 5.91 Å². The average molecular weight is 270 g/mol. The summed E-state index contributed by atoms with van der Waals surface area (Å²) in [5.41, 5.74) is -0.240. The van der Waals surface area contributed by atoms with Crippen molar-refractivity contribution in [1.29, 1.82) is 0 Å². The highest BCUT2D eigenvalue weighted by Crippen LogP contribution is 2.25. The smallest absolute Gasteiger partial charge is 0.310 e. The molecule has 8 nitrogen and oxygen atoms in total. The van der Waals surface area contributed by atoms with Crippen molar-refractivity contribution in [3.63, 3.8) is 0 Å². The summed E-state index contributed by atoms with van der Waals surface area (Å²) in [4.78, 5) is 21.5. The Hall–Kier alpha value is -2.19. The molecule has 0 spiro atoms. The van der Waals surface area contributed by atoms with E-state index in [1.54, 1.807) is 6.07 Å². The van der Waals surface area contributed by atoms with Crippen molar-refractivity contribution in [2.24, 2.45) is 0 Å². The van der Waals surface area contributed by atoms with Crippen LogP contribution < -0.4 is 10.1 Å². The number of nitro groups is 1. The quantitative estimate of drug-likeness (QED) is 0.451. The second-order valence-electron chi connectivity index (χ2n) is 3.64. The average Bonchev–Trinajstić information content (AvgIpc) is 2.42. The summed E-state index contributed by atoms with van der Waals surface area (Å²) in [6.07, 6.45) is 0. The largest absolute Gasteiger partial charge is 0.477 e. The number of nitro benzene ring substituents is 1. The Morgan fingerprint density at radius 1 is 1.37 bits per heavy atom. The highest BCUT2D eigenvalue weighted by molar-refractivity contribution is 5.78. The molecule has 0 bridgehead atoms. The normalized spacial score (nSPS) is 10.3. The number of nitrogens with zero attached hydrogens (tertiary/aromatic N) is 1. The van der Waals surface area contributed by atoms with Gasteiger partial charge in [0.05, 0.1) is 24.2 Å². The Morgan fingerprint density at radius 2 is 2.00 bits per heavy atom. The Bertz CT molecular complexity index is 447. The number of benzene rings is 1. The van der Waals surface area contributed by atoms with Crippen LogP contribution in [0.3, 0.4) is 0 Å². The lowest BCUT2D eigenvalue weighted by Gasteiger charge is -2.13. The van der Waals surface area contributed by atoms with E-state index in [9.17, 15) is 14.9 Å². The van der Waals surface area contributed by atoms with Gasteiger partial charge in [-0.1, -0.05) is 12.1 Å². The summed E-state index contributed by atoms with van der Waals surface area (Å²) in [6, 6.07) is 4.89. The molecule has 3 N–H and O–H groups in total. The highest BCUT2D eigenvalue weighted by Gasteiger charge is 2.16. The second kappa shape index (κ2) is 7.29. The second-order valence-corrected chi connectivity index (χ2v) is 3.64. The molecule has 0 heterocycles. The number of para-hydroxylation sites is 2. The maximum Gasteiger partial charge on any atom is 0.310 e. The molecule has 0 unspecified atom stereocenters. The van der Waals surface area contributed by atoms with E-state index >= 15 is 0 Å². The number of carbonyl (C=O) groups excluding carboxylic acids is 1. The fourth-order valence-electron chi connectivity index (χ4n) is 1.29. The van der Waals surface area contributed by atoms with Gasteiger partial charge < -0.3 is 20.3 Å². The number of nitrogens with one attached hydrogen (secondary N) is 1. The minimum Gasteiger partial charge on any atom is -0.477 e. The van der Waals surface area contributed by atoms with Crippen molar-refractivity contribution in [3.8, 4) is 5.75 Å². The van der Waals surface area contributed by atoms with E-state index < -0.39 is 36.7 Å². The zero-order valence-corrected chi connectivity index (χ0v) is 9.98. The lowest BCUT2D eigenvalue weighted by molar-refractivity contribution is -0.385. The molecule has 19 heavy (non-hydrogen) atoms. The van der Waals surface area contributed by atoms with Gasteiger partial charge in [0.15, 0.2) is 12.4 Å². The minimum absolute atomic E-state index is 0.0211. The van der Waals surface area contributed by atoms with Crippen LogP contribution in [0, 0.1) is 10.1 Å². The van der Waals surface area contributed by atoms with E-state index in [0.717, 1.165) is 0 Å². The maximum atomic E-state index is 11.4. The molecule has 0 aromatic heterocycles. The van der Waals surface area contributed by atoms with E-state index in [1.165, 1.54) is 18.2 Å². The number of ether oxygens (including phenoxy) is 1. The molecule has 0 fully saturated rings. The Morgan fingerprint density at radius 3 is 2.58 bits per heavy atom. The van der Waals surface area contributed by atoms with Crippen LogP contribution in [0.2, 0.25) is 0 Å². The van der Waals surface area contributed by atoms with Crippen molar-refractivity contribution in [1.82, 2.24) is 5.32 Å². The fraction of sp³-hybridized carbons (Fsp3) is 0.364. The summed E-state index contributed by atoms with van der Waals surface area (Å²) in [5.74, 6) is -0.613. The predicted octanol–water partition coefficient (Wildman–Crippen LogP) is -0.557. The first-order valence-corrected chi connectivity index (χ1v) is 5.45.